The maximum absolute atomic E-state index is 12.3. The highest BCUT2D eigenvalue weighted by Gasteiger charge is 2.49. The summed E-state index contributed by atoms with van der Waals surface area (Å²) in [6, 6.07) is -0.472. The monoisotopic (exact) mass is 283 g/mol. The number of carbonyl (C=O) groups is 2. The smallest absolute Gasteiger partial charge is 0.411 e. The Morgan fingerprint density at radius 2 is 1.80 bits per heavy atom. The van der Waals surface area contributed by atoms with Gasteiger partial charge in [-0.05, 0) is 45.4 Å². The maximum Gasteiger partial charge on any atom is 0.411 e. The van der Waals surface area contributed by atoms with Crippen LogP contribution in [0.2, 0.25) is 0 Å². The van der Waals surface area contributed by atoms with Crippen LogP contribution in [0.4, 0.5) is 4.79 Å². The first-order valence-corrected chi connectivity index (χ1v) is 7.41. The van der Waals surface area contributed by atoms with Crippen molar-refractivity contribution in [1.29, 1.82) is 0 Å². The molecule has 0 aromatic heterocycles. The molecule has 114 valence electrons. The molecule has 2 rings (SSSR count). The number of hydrogen-bond acceptors (Lipinski definition) is 4. The largest absolute Gasteiger partial charge is 0.467 e. The lowest BCUT2D eigenvalue weighted by atomic mass is 9.78. The van der Waals surface area contributed by atoms with Crippen molar-refractivity contribution < 1.29 is 19.1 Å². The fraction of sp³-hybridized carbons (Fsp3) is 0.867. The van der Waals surface area contributed by atoms with Crippen LogP contribution >= 0.6 is 0 Å². The van der Waals surface area contributed by atoms with E-state index in [9.17, 15) is 9.59 Å². The van der Waals surface area contributed by atoms with Crippen LogP contribution in [0.25, 0.3) is 0 Å². The molecule has 1 aliphatic heterocycles. The third-order valence-electron chi connectivity index (χ3n) is 4.21. The zero-order valence-corrected chi connectivity index (χ0v) is 12.8. The molecule has 5 heteroatoms. The van der Waals surface area contributed by atoms with Crippen molar-refractivity contribution in [2.24, 2.45) is 11.8 Å². The summed E-state index contributed by atoms with van der Waals surface area (Å²) in [6.07, 6.45) is 3.97. The van der Waals surface area contributed by atoms with Gasteiger partial charge in [0, 0.05) is 6.54 Å². The van der Waals surface area contributed by atoms with Crippen LogP contribution in [-0.4, -0.2) is 42.3 Å². The summed E-state index contributed by atoms with van der Waals surface area (Å²) in [5.74, 6) is 0.314. The molecule has 0 N–H and O–H groups in total. The topological polar surface area (TPSA) is 55.8 Å². The first kappa shape index (κ1) is 15.1. The van der Waals surface area contributed by atoms with Crippen LogP contribution in [0.5, 0.6) is 0 Å². The number of carbonyl (C=O) groups excluding carboxylic acids is 2. The molecule has 20 heavy (non-hydrogen) atoms. The van der Waals surface area contributed by atoms with Gasteiger partial charge >= 0.3 is 12.1 Å². The Morgan fingerprint density at radius 1 is 1.15 bits per heavy atom. The fourth-order valence-corrected chi connectivity index (χ4v) is 3.41. The van der Waals surface area contributed by atoms with E-state index in [2.05, 4.69) is 0 Å². The Kier molecular flexibility index (Phi) is 4.25. The van der Waals surface area contributed by atoms with E-state index in [0.717, 1.165) is 19.3 Å². The fourth-order valence-electron chi connectivity index (χ4n) is 3.41. The second kappa shape index (κ2) is 5.62. The number of methoxy groups -OCH3 is 1. The van der Waals surface area contributed by atoms with Gasteiger partial charge in [-0.25, -0.2) is 9.59 Å². The van der Waals surface area contributed by atoms with Crippen molar-refractivity contribution in [2.75, 3.05) is 13.7 Å². The maximum atomic E-state index is 12.3. The van der Waals surface area contributed by atoms with Gasteiger partial charge in [-0.1, -0.05) is 12.8 Å². The summed E-state index contributed by atoms with van der Waals surface area (Å²) in [4.78, 5) is 26.0. The minimum Gasteiger partial charge on any atom is -0.467 e. The Labute approximate surface area is 120 Å². The van der Waals surface area contributed by atoms with Crippen molar-refractivity contribution in [3.8, 4) is 0 Å². The second-order valence-electron chi connectivity index (χ2n) is 6.81. The van der Waals surface area contributed by atoms with Crippen LogP contribution in [0.15, 0.2) is 0 Å². The molecule has 2 aliphatic rings. The van der Waals surface area contributed by atoms with Crippen molar-refractivity contribution in [1.82, 2.24) is 4.90 Å². The first-order valence-electron chi connectivity index (χ1n) is 7.41. The number of ether oxygens (including phenoxy) is 2. The predicted octanol–water partition coefficient (Wildman–Crippen LogP) is 2.59. The normalized spacial score (nSPS) is 29.8. The lowest BCUT2D eigenvalue weighted by Crippen LogP contribution is -2.46. The third kappa shape index (κ3) is 3.07. The van der Waals surface area contributed by atoms with Crippen LogP contribution in [0.1, 0.15) is 46.5 Å². The minimum atomic E-state index is -0.550. The van der Waals surface area contributed by atoms with Gasteiger partial charge in [-0.3, -0.25) is 4.90 Å². The van der Waals surface area contributed by atoms with Gasteiger partial charge in [-0.15, -0.1) is 0 Å². The molecule has 1 saturated carbocycles. The SMILES string of the molecule is COC(=O)[C@@H]1[C@H]2CCCC[C@H]2CN1C(=O)OC(C)(C)C. The molecule has 3 atom stereocenters. The predicted molar refractivity (Wildman–Crippen MR) is 74.2 cm³/mol. The molecule has 1 saturated heterocycles. The van der Waals surface area contributed by atoms with E-state index in [1.54, 1.807) is 4.90 Å². The summed E-state index contributed by atoms with van der Waals surface area (Å²) in [5.41, 5.74) is -0.550. The summed E-state index contributed by atoms with van der Waals surface area (Å²) in [6.45, 7) is 6.11. The molecule has 0 radical (unpaired) electrons. The van der Waals surface area contributed by atoms with E-state index in [4.69, 9.17) is 9.47 Å². The number of esters is 1. The van der Waals surface area contributed by atoms with Crippen LogP contribution in [-0.2, 0) is 14.3 Å². The standard InChI is InChI=1S/C15H25NO4/c1-15(2,3)20-14(18)16-9-10-7-5-6-8-11(10)12(16)13(17)19-4/h10-12H,5-9H2,1-4H3/t10-,11-,12-/m0/s1. The van der Waals surface area contributed by atoms with E-state index in [1.807, 2.05) is 20.8 Å². The highest BCUT2D eigenvalue weighted by molar-refractivity contribution is 5.82. The average molecular weight is 283 g/mol. The molecule has 1 aliphatic carbocycles. The number of fused-ring (bicyclic) bond motifs is 1. The van der Waals surface area contributed by atoms with E-state index in [0.29, 0.717) is 12.5 Å². The zero-order valence-electron chi connectivity index (χ0n) is 12.8. The number of hydrogen-bond donors (Lipinski definition) is 0. The highest BCUT2D eigenvalue weighted by atomic mass is 16.6. The zero-order chi connectivity index (χ0) is 14.9. The molecule has 0 unspecified atom stereocenters. The molecule has 0 aromatic rings. The van der Waals surface area contributed by atoms with Gasteiger partial charge in [-0.2, -0.15) is 0 Å². The average Bonchev–Trinajstić information content (AvgIpc) is 2.75. The highest BCUT2D eigenvalue weighted by Crippen LogP contribution is 2.41. The van der Waals surface area contributed by atoms with Crippen molar-refractivity contribution in [3.05, 3.63) is 0 Å². The lowest BCUT2D eigenvalue weighted by molar-refractivity contribution is -0.147. The number of likely N-dealkylation sites (tertiary alicyclic amines) is 1. The van der Waals surface area contributed by atoms with E-state index in [1.165, 1.54) is 13.5 Å². The van der Waals surface area contributed by atoms with Crippen molar-refractivity contribution in [3.63, 3.8) is 0 Å². The van der Waals surface area contributed by atoms with Gasteiger partial charge in [0.15, 0.2) is 0 Å². The molecular formula is C15H25NO4. The Bertz CT molecular complexity index is 388. The Morgan fingerprint density at radius 3 is 2.40 bits per heavy atom. The van der Waals surface area contributed by atoms with Gasteiger partial charge in [0.1, 0.15) is 11.6 Å². The van der Waals surface area contributed by atoms with E-state index < -0.39 is 17.7 Å². The molecule has 0 bridgehead atoms. The van der Waals surface area contributed by atoms with Crippen LogP contribution in [0.3, 0.4) is 0 Å². The molecule has 2 fully saturated rings. The van der Waals surface area contributed by atoms with Gasteiger partial charge in [0.05, 0.1) is 7.11 Å². The minimum absolute atomic E-state index is 0.226. The molecule has 0 spiro atoms. The quantitative estimate of drug-likeness (QED) is 0.694. The molecule has 1 amide bonds. The van der Waals surface area contributed by atoms with Crippen molar-refractivity contribution in [2.45, 2.75) is 58.1 Å². The summed E-state index contributed by atoms with van der Waals surface area (Å²) in [7, 11) is 1.38. The van der Waals surface area contributed by atoms with Gasteiger partial charge < -0.3 is 9.47 Å². The number of rotatable bonds is 1. The molecule has 5 nitrogen and oxygen atoms in total. The Hall–Kier alpha value is -1.26. The van der Waals surface area contributed by atoms with Gasteiger partial charge in [0.25, 0.3) is 0 Å². The van der Waals surface area contributed by atoms with Crippen LogP contribution in [0, 0.1) is 11.8 Å². The Balaban J connectivity index is 2.17. The second-order valence-corrected chi connectivity index (χ2v) is 6.81. The summed E-state index contributed by atoms with van der Waals surface area (Å²) < 4.78 is 10.3. The number of amides is 1. The van der Waals surface area contributed by atoms with E-state index >= 15 is 0 Å². The molecule has 0 aromatic carbocycles. The first-order chi connectivity index (χ1) is 9.33. The molecule has 1 heterocycles. The third-order valence-corrected chi connectivity index (χ3v) is 4.21. The number of nitrogens with zero attached hydrogens (tertiary/aromatic N) is 1. The van der Waals surface area contributed by atoms with Crippen LogP contribution < -0.4 is 0 Å². The lowest BCUT2D eigenvalue weighted by Gasteiger charge is -2.29. The van der Waals surface area contributed by atoms with Gasteiger partial charge in [0.2, 0.25) is 0 Å². The van der Waals surface area contributed by atoms with Crippen molar-refractivity contribution >= 4 is 12.1 Å². The summed E-state index contributed by atoms with van der Waals surface area (Å²) >= 11 is 0. The van der Waals surface area contributed by atoms with E-state index in [-0.39, 0.29) is 11.9 Å². The summed E-state index contributed by atoms with van der Waals surface area (Å²) in [5, 5.41) is 0. The molecular weight excluding hydrogens is 258 g/mol.